The van der Waals surface area contributed by atoms with Crippen LogP contribution in [0.5, 0.6) is 17.2 Å². The summed E-state index contributed by atoms with van der Waals surface area (Å²) < 4.78 is 11.2. The molecule has 0 aliphatic rings. The van der Waals surface area contributed by atoms with Crippen molar-refractivity contribution in [1.82, 2.24) is 0 Å². The van der Waals surface area contributed by atoms with Crippen LogP contribution in [0.1, 0.15) is 11.1 Å². The van der Waals surface area contributed by atoms with Crippen molar-refractivity contribution in [2.75, 3.05) is 12.4 Å². The highest BCUT2D eigenvalue weighted by Gasteiger charge is 2.14. The number of nitrogens with zero attached hydrogens (tertiary/aromatic N) is 1. The van der Waals surface area contributed by atoms with Crippen LogP contribution in [0.25, 0.3) is 6.08 Å². The number of hydrogen-bond acceptors (Lipinski definition) is 5. The van der Waals surface area contributed by atoms with Crippen LogP contribution >= 0.6 is 11.6 Å². The highest BCUT2D eigenvalue weighted by molar-refractivity contribution is 6.32. The maximum absolute atomic E-state index is 12.4. The van der Waals surface area contributed by atoms with Crippen LogP contribution in [0.2, 0.25) is 5.02 Å². The number of phenolic OH excluding ortho intramolecular Hbond substituents is 1. The van der Waals surface area contributed by atoms with Gasteiger partial charge in [0.25, 0.3) is 5.91 Å². The number of methoxy groups -OCH3 is 1. The van der Waals surface area contributed by atoms with Crippen LogP contribution < -0.4 is 14.8 Å². The molecule has 0 heterocycles. The molecule has 0 saturated carbocycles. The number of anilines is 1. The van der Waals surface area contributed by atoms with E-state index in [1.807, 2.05) is 36.4 Å². The molecule has 7 heteroatoms. The Balaban J connectivity index is 1.81. The molecular weight excluding hydrogens is 416 g/mol. The second-order valence-corrected chi connectivity index (χ2v) is 6.89. The number of benzene rings is 3. The maximum Gasteiger partial charge on any atom is 0.266 e. The standard InChI is InChI=1S/C24H19ClN2O4/c1-30-22-13-17(12-21(25)23(22)31-15-16-5-3-2-4-6-16)11-18(14-26)24(29)27-19-7-9-20(28)10-8-19/h2-13,28H,15H2,1H3,(H,27,29)/b18-11+. The zero-order valence-electron chi connectivity index (χ0n) is 16.6. The van der Waals surface area contributed by atoms with Gasteiger partial charge >= 0.3 is 0 Å². The second-order valence-electron chi connectivity index (χ2n) is 6.48. The van der Waals surface area contributed by atoms with Crippen molar-refractivity contribution >= 4 is 29.3 Å². The Morgan fingerprint density at radius 3 is 2.52 bits per heavy atom. The summed E-state index contributed by atoms with van der Waals surface area (Å²) in [6, 6.07) is 20.7. The van der Waals surface area contributed by atoms with Crippen molar-refractivity contribution in [3.8, 4) is 23.3 Å². The first-order chi connectivity index (χ1) is 15.0. The molecule has 2 N–H and O–H groups in total. The van der Waals surface area contributed by atoms with E-state index in [4.69, 9.17) is 21.1 Å². The molecule has 0 spiro atoms. The molecular formula is C24H19ClN2O4. The van der Waals surface area contributed by atoms with Gasteiger partial charge in [0.2, 0.25) is 0 Å². The molecule has 1 amide bonds. The van der Waals surface area contributed by atoms with Crippen molar-refractivity contribution in [3.63, 3.8) is 0 Å². The van der Waals surface area contributed by atoms with Crippen molar-refractivity contribution in [2.24, 2.45) is 0 Å². The van der Waals surface area contributed by atoms with E-state index < -0.39 is 5.91 Å². The van der Waals surface area contributed by atoms with Gasteiger partial charge in [-0.15, -0.1) is 0 Å². The van der Waals surface area contributed by atoms with Gasteiger partial charge < -0.3 is 19.9 Å². The zero-order chi connectivity index (χ0) is 22.2. The van der Waals surface area contributed by atoms with Gasteiger partial charge in [-0.25, -0.2) is 0 Å². The predicted molar refractivity (Wildman–Crippen MR) is 119 cm³/mol. The molecule has 0 radical (unpaired) electrons. The first-order valence-corrected chi connectivity index (χ1v) is 9.64. The molecule has 0 bridgehead atoms. The minimum absolute atomic E-state index is 0.0744. The third-order valence-electron chi connectivity index (χ3n) is 4.28. The number of halogens is 1. The number of carbonyl (C=O) groups is 1. The Morgan fingerprint density at radius 2 is 1.87 bits per heavy atom. The molecule has 0 saturated heterocycles. The Bertz CT molecular complexity index is 1140. The van der Waals surface area contributed by atoms with Crippen LogP contribution in [-0.4, -0.2) is 18.1 Å². The number of nitriles is 1. The number of nitrogens with one attached hydrogen (secondary N) is 1. The number of rotatable bonds is 7. The van der Waals surface area contributed by atoms with Crippen molar-refractivity contribution in [2.45, 2.75) is 6.61 Å². The number of hydrogen-bond donors (Lipinski definition) is 2. The molecule has 31 heavy (non-hydrogen) atoms. The summed E-state index contributed by atoms with van der Waals surface area (Å²) in [6.07, 6.45) is 1.41. The topological polar surface area (TPSA) is 91.6 Å². The summed E-state index contributed by atoms with van der Waals surface area (Å²) in [7, 11) is 1.48. The molecule has 0 aliphatic carbocycles. The van der Waals surface area contributed by atoms with E-state index in [-0.39, 0.29) is 16.3 Å². The van der Waals surface area contributed by atoms with E-state index >= 15 is 0 Å². The van der Waals surface area contributed by atoms with Crippen LogP contribution in [0, 0.1) is 11.3 Å². The highest BCUT2D eigenvalue weighted by Crippen LogP contribution is 2.37. The van der Waals surface area contributed by atoms with Gasteiger partial charge in [-0.3, -0.25) is 4.79 Å². The van der Waals surface area contributed by atoms with Crippen molar-refractivity contribution in [3.05, 3.63) is 88.5 Å². The fraction of sp³-hybridized carbons (Fsp3) is 0.0833. The summed E-state index contributed by atoms with van der Waals surface area (Å²) in [5.41, 5.74) is 1.81. The van der Waals surface area contributed by atoms with Crippen LogP contribution in [0.4, 0.5) is 5.69 Å². The molecule has 0 aromatic heterocycles. The molecule has 3 aromatic rings. The van der Waals surface area contributed by atoms with Gasteiger partial charge in [0.1, 0.15) is 24.0 Å². The van der Waals surface area contributed by atoms with Gasteiger partial charge in [-0.05, 0) is 53.6 Å². The minimum atomic E-state index is -0.590. The molecule has 3 aromatic carbocycles. The van der Waals surface area contributed by atoms with Gasteiger partial charge in [0, 0.05) is 5.69 Å². The number of ether oxygens (including phenoxy) is 2. The summed E-state index contributed by atoms with van der Waals surface area (Å²) >= 11 is 6.39. The molecule has 0 fully saturated rings. The van der Waals surface area contributed by atoms with Gasteiger partial charge in [-0.2, -0.15) is 5.26 Å². The summed E-state index contributed by atoms with van der Waals surface area (Å²) in [5.74, 6) is 0.237. The van der Waals surface area contributed by atoms with Crippen molar-refractivity contribution < 1.29 is 19.4 Å². The largest absolute Gasteiger partial charge is 0.508 e. The quantitative estimate of drug-likeness (QED) is 0.304. The Kier molecular flexibility index (Phi) is 7.15. The zero-order valence-corrected chi connectivity index (χ0v) is 17.4. The first-order valence-electron chi connectivity index (χ1n) is 9.26. The van der Waals surface area contributed by atoms with E-state index in [0.29, 0.717) is 29.4 Å². The smallest absolute Gasteiger partial charge is 0.266 e. The number of amides is 1. The van der Waals surface area contributed by atoms with E-state index in [1.54, 1.807) is 12.1 Å². The minimum Gasteiger partial charge on any atom is -0.508 e. The lowest BCUT2D eigenvalue weighted by Gasteiger charge is -2.13. The monoisotopic (exact) mass is 434 g/mol. The summed E-state index contributed by atoms with van der Waals surface area (Å²) in [4.78, 5) is 12.4. The van der Waals surface area contributed by atoms with Gasteiger partial charge in [-0.1, -0.05) is 41.9 Å². The molecule has 156 valence electrons. The second kappa shape index (κ2) is 10.2. The van der Waals surface area contributed by atoms with E-state index in [9.17, 15) is 15.2 Å². The fourth-order valence-electron chi connectivity index (χ4n) is 2.75. The number of aromatic hydroxyl groups is 1. The SMILES string of the molecule is COc1cc(/C=C(\C#N)C(=O)Nc2ccc(O)cc2)cc(Cl)c1OCc1ccccc1. The van der Waals surface area contributed by atoms with Crippen LogP contribution in [-0.2, 0) is 11.4 Å². The van der Waals surface area contributed by atoms with Gasteiger partial charge in [0.05, 0.1) is 12.1 Å². The molecule has 6 nitrogen and oxygen atoms in total. The molecule has 0 atom stereocenters. The molecule has 0 aliphatic heterocycles. The number of carbonyl (C=O) groups excluding carboxylic acids is 1. The normalized spacial score (nSPS) is 10.8. The maximum atomic E-state index is 12.4. The fourth-order valence-corrected chi connectivity index (χ4v) is 3.03. The van der Waals surface area contributed by atoms with E-state index in [2.05, 4.69) is 5.32 Å². The lowest BCUT2D eigenvalue weighted by Crippen LogP contribution is -2.13. The summed E-state index contributed by atoms with van der Waals surface area (Å²) in [6.45, 7) is 0.310. The Hall–Kier alpha value is -3.95. The Morgan fingerprint density at radius 1 is 1.16 bits per heavy atom. The van der Waals surface area contributed by atoms with E-state index in [0.717, 1.165) is 5.56 Å². The van der Waals surface area contributed by atoms with Crippen molar-refractivity contribution in [1.29, 1.82) is 5.26 Å². The van der Waals surface area contributed by atoms with Crippen LogP contribution in [0.3, 0.4) is 0 Å². The first kappa shape index (κ1) is 21.8. The highest BCUT2D eigenvalue weighted by atomic mass is 35.5. The average Bonchev–Trinajstić information content (AvgIpc) is 2.78. The lowest BCUT2D eigenvalue weighted by atomic mass is 10.1. The molecule has 0 unspecified atom stereocenters. The molecule has 3 rings (SSSR count). The summed E-state index contributed by atoms with van der Waals surface area (Å²) in [5, 5.41) is 21.7. The number of phenols is 1. The third kappa shape index (κ3) is 5.78. The van der Waals surface area contributed by atoms with E-state index in [1.165, 1.54) is 37.5 Å². The Labute approximate surface area is 184 Å². The van der Waals surface area contributed by atoms with Crippen LogP contribution in [0.15, 0.2) is 72.3 Å². The third-order valence-corrected chi connectivity index (χ3v) is 4.56. The van der Waals surface area contributed by atoms with Gasteiger partial charge in [0.15, 0.2) is 11.5 Å². The average molecular weight is 435 g/mol. The lowest BCUT2D eigenvalue weighted by molar-refractivity contribution is -0.112. The predicted octanol–water partition coefficient (Wildman–Crippen LogP) is 5.18.